The number of benzene rings is 1. The van der Waals surface area contributed by atoms with Crippen molar-refractivity contribution in [3.05, 3.63) is 64.6 Å². The number of hydrogen-bond donors (Lipinski definition) is 0. The lowest BCUT2D eigenvalue weighted by Crippen LogP contribution is -2.01. The van der Waals surface area contributed by atoms with E-state index in [1.54, 1.807) is 37.3 Å². The van der Waals surface area contributed by atoms with Crippen LogP contribution in [0, 0.1) is 6.92 Å². The number of carbonyl (C=O) groups is 3. The smallest absolute Gasteiger partial charge is 0.341 e. The molecule has 2 rings (SSSR count). The van der Waals surface area contributed by atoms with Crippen LogP contribution in [0.2, 0.25) is 0 Å². The molecule has 7 nitrogen and oxygen atoms in total. The second kappa shape index (κ2) is 8.66. The summed E-state index contributed by atoms with van der Waals surface area (Å²) in [6.45, 7) is 1.51. The first kappa shape index (κ1) is 19.0. The maximum atomic E-state index is 11.8. The van der Waals surface area contributed by atoms with Gasteiger partial charge >= 0.3 is 17.9 Å². The maximum absolute atomic E-state index is 11.8. The van der Waals surface area contributed by atoms with Crippen molar-refractivity contribution in [1.29, 1.82) is 0 Å². The van der Waals surface area contributed by atoms with Gasteiger partial charge in [-0.1, -0.05) is 12.1 Å². The molecule has 0 saturated carbocycles. The Balaban J connectivity index is 1.91. The zero-order valence-corrected chi connectivity index (χ0v) is 14.6. The minimum Gasteiger partial charge on any atom is -0.465 e. The summed E-state index contributed by atoms with van der Waals surface area (Å²) in [5.74, 6) is -0.786. The number of rotatable bonds is 6. The van der Waals surface area contributed by atoms with Gasteiger partial charge in [0.05, 0.1) is 19.8 Å². The second-order valence-corrected chi connectivity index (χ2v) is 5.23. The molecule has 0 N–H and O–H groups in total. The summed E-state index contributed by atoms with van der Waals surface area (Å²) in [6, 6.07) is 8.01. The summed E-state index contributed by atoms with van der Waals surface area (Å²) in [5, 5.41) is 0. The molecule has 0 atom stereocenters. The van der Waals surface area contributed by atoms with E-state index in [0.717, 1.165) is 5.56 Å². The van der Waals surface area contributed by atoms with Crippen molar-refractivity contribution in [2.24, 2.45) is 0 Å². The molecule has 2 aromatic rings. The molecule has 1 heterocycles. The highest BCUT2D eigenvalue weighted by Gasteiger charge is 2.15. The summed E-state index contributed by atoms with van der Waals surface area (Å²) in [4.78, 5) is 34.6. The number of esters is 3. The van der Waals surface area contributed by atoms with Gasteiger partial charge in [0, 0.05) is 6.08 Å². The largest absolute Gasteiger partial charge is 0.465 e. The van der Waals surface area contributed by atoms with Gasteiger partial charge in [0.1, 0.15) is 23.7 Å². The van der Waals surface area contributed by atoms with Crippen molar-refractivity contribution in [3.63, 3.8) is 0 Å². The molecule has 0 radical (unpaired) electrons. The van der Waals surface area contributed by atoms with Crippen LogP contribution in [0.3, 0.4) is 0 Å². The topological polar surface area (TPSA) is 92.0 Å². The van der Waals surface area contributed by atoms with Crippen LogP contribution in [0.5, 0.6) is 0 Å². The number of carbonyl (C=O) groups excluding carboxylic acids is 3. The molecule has 0 aliphatic carbocycles. The fourth-order valence-corrected chi connectivity index (χ4v) is 2.13. The van der Waals surface area contributed by atoms with Gasteiger partial charge in [0.25, 0.3) is 0 Å². The van der Waals surface area contributed by atoms with E-state index < -0.39 is 17.9 Å². The molecule has 0 spiro atoms. The molecule has 26 heavy (non-hydrogen) atoms. The molecule has 0 aliphatic rings. The Kier molecular flexibility index (Phi) is 6.32. The third kappa shape index (κ3) is 4.83. The van der Waals surface area contributed by atoms with Crippen molar-refractivity contribution >= 4 is 24.0 Å². The summed E-state index contributed by atoms with van der Waals surface area (Å²) in [5.41, 5.74) is 1.43. The van der Waals surface area contributed by atoms with E-state index >= 15 is 0 Å². The summed E-state index contributed by atoms with van der Waals surface area (Å²) >= 11 is 0. The average Bonchev–Trinajstić information content (AvgIpc) is 3.04. The van der Waals surface area contributed by atoms with Gasteiger partial charge < -0.3 is 18.6 Å². The summed E-state index contributed by atoms with van der Waals surface area (Å²) < 4.78 is 19.7. The molecule has 1 aromatic heterocycles. The van der Waals surface area contributed by atoms with Crippen LogP contribution >= 0.6 is 0 Å². The minimum absolute atomic E-state index is 0.109. The quantitative estimate of drug-likeness (QED) is 0.445. The Bertz CT molecular complexity index is 828. The minimum atomic E-state index is -0.573. The Morgan fingerprint density at radius 1 is 1.04 bits per heavy atom. The Labute approximate surface area is 150 Å². The number of aryl methyl sites for hydroxylation is 1. The van der Waals surface area contributed by atoms with Crippen LogP contribution in [-0.2, 0) is 25.6 Å². The van der Waals surface area contributed by atoms with Crippen LogP contribution < -0.4 is 0 Å². The molecule has 0 amide bonds. The van der Waals surface area contributed by atoms with Gasteiger partial charge in [-0.05, 0) is 36.8 Å². The zero-order chi connectivity index (χ0) is 19.1. The number of furan rings is 1. The zero-order valence-electron chi connectivity index (χ0n) is 14.6. The van der Waals surface area contributed by atoms with Gasteiger partial charge in [-0.2, -0.15) is 0 Å². The van der Waals surface area contributed by atoms with Crippen LogP contribution in [-0.4, -0.2) is 32.1 Å². The third-order valence-electron chi connectivity index (χ3n) is 3.47. The van der Waals surface area contributed by atoms with E-state index in [2.05, 4.69) is 9.47 Å². The fourth-order valence-electron chi connectivity index (χ4n) is 2.13. The first-order valence-electron chi connectivity index (χ1n) is 7.65. The van der Waals surface area contributed by atoms with Crippen molar-refractivity contribution in [2.75, 3.05) is 14.2 Å². The van der Waals surface area contributed by atoms with E-state index in [0.29, 0.717) is 22.6 Å². The molecular formula is C19H18O7. The molecule has 1 aromatic carbocycles. The SMILES string of the molecule is COC(=O)c1ccc(/C=C/C(=O)OCc2cc(C(=O)OC)c(C)o2)cc1. The first-order chi connectivity index (χ1) is 12.4. The van der Waals surface area contributed by atoms with Gasteiger partial charge in [0.15, 0.2) is 0 Å². The van der Waals surface area contributed by atoms with Gasteiger partial charge in [-0.15, -0.1) is 0 Å². The van der Waals surface area contributed by atoms with Gasteiger partial charge in [0.2, 0.25) is 0 Å². The maximum Gasteiger partial charge on any atom is 0.341 e. The highest BCUT2D eigenvalue weighted by atomic mass is 16.5. The molecule has 0 fully saturated rings. The fraction of sp³-hybridized carbons (Fsp3) is 0.211. The summed E-state index contributed by atoms with van der Waals surface area (Å²) in [7, 11) is 2.58. The average molecular weight is 358 g/mol. The molecule has 136 valence electrons. The highest BCUT2D eigenvalue weighted by Crippen LogP contribution is 2.16. The molecule has 7 heteroatoms. The Morgan fingerprint density at radius 2 is 1.69 bits per heavy atom. The lowest BCUT2D eigenvalue weighted by atomic mass is 10.1. The standard InChI is InChI=1S/C19H18O7/c1-12-16(19(22)24-3)10-15(26-12)11-25-17(20)9-6-13-4-7-14(8-5-13)18(21)23-2/h4-10H,11H2,1-3H3/b9-6+. The van der Waals surface area contributed by atoms with E-state index in [-0.39, 0.29) is 6.61 Å². The molecule has 0 unspecified atom stereocenters. The van der Waals surface area contributed by atoms with Gasteiger partial charge in [-0.25, -0.2) is 14.4 Å². The van der Waals surface area contributed by atoms with Crippen LogP contribution in [0.25, 0.3) is 6.08 Å². The molecule has 0 aliphatic heterocycles. The van der Waals surface area contributed by atoms with Crippen molar-refractivity contribution < 1.29 is 33.0 Å². The van der Waals surface area contributed by atoms with E-state index in [4.69, 9.17) is 9.15 Å². The van der Waals surface area contributed by atoms with Crippen molar-refractivity contribution in [1.82, 2.24) is 0 Å². The normalized spacial score (nSPS) is 10.6. The summed E-state index contributed by atoms with van der Waals surface area (Å²) in [6.07, 6.45) is 2.81. The highest BCUT2D eigenvalue weighted by molar-refractivity contribution is 5.91. The van der Waals surface area contributed by atoms with E-state index in [1.165, 1.54) is 26.4 Å². The predicted octanol–water partition coefficient (Wildman–Crippen LogP) is 2.92. The Hall–Kier alpha value is -3.35. The first-order valence-corrected chi connectivity index (χ1v) is 7.65. The van der Waals surface area contributed by atoms with Crippen LogP contribution in [0.15, 0.2) is 40.8 Å². The number of ether oxygens (including phenoxy) is 3. The van der Waals surface area contributed by atoms with E-state index in [1.807, 2.05) is 0 Å². The number of hydrogen-bond acceptors (Lipinski definition) is 7. The lowest BCUT2D eigenvalue weighted by Gasteiger charge is -2.00. The molecule has 0 saturated heterocycles. The Morgan fingerprint density at radius 3 is 2.31 bits per heavy atom. The lowest BCUT2D eigenvalue weighted by molar-refractivity contribution is -0.139. The van der Waals surface area contributed by atoms with Crippen LogP contribution in [0.4, 0.5) is 0 Å². The van der Waals surface area contributed by atoms with Gasteiger partial charge in [-0.3, -0.25) is 0 Å². The van der Waals surface area contributed by atoms with Crippen LogP contribution in [0.1, 0.15) is 37.8 Å². The second-order valence-electron chi connectivity index (χ2n) is 5.23. The van der Waals surface area contributed by atoms with E-state index in [9.17, 15) is 14.4 Å². The third-order valence-corrected chi connectivity index (χ3v) is 3.47. The molecule has 0 bridgehead atoms. The van der Waals surface area contributed by atoms with Crippen molar-refractivity contribution in [3.8, 4) is 0 Å². The van der Waals surface area contributed by atoms with Crippen molar-refractivity contribution in [2.45, 2.75) is 13.5 Å². The monoisotopic (exact) mass is 358 g/mol. The molecular weight excluding hydrogens is 340 g/mol. The predicted molar refractivity (Wildman–Crippen MR) is 91.4 cm³/mol. The number of methoxy groups -OCH3 is 2.